The Morgan fingerprint density at radius 3 is 2.27 bits per heavy atom. The van der Waals surface area contributed by atoms with Crippen LogP contribution >= 0.6 is 0 Å². The lowest BCUT2D eigenvalue weighted by Gasteiger charge is -2.12. The third-order valence-corrected chi connectivity index (χ3v) is 4.58. The third kappa shape index (κ3) is 5.53. The molecule has 0 fully saturated rings. The van der Waals surface area contributed by atoms with Gasteiger partial charge in [-0.05, 0) is 42.5 Å². The molecular formula is C24H21N3O6. The van der Waals surface area contributed by atoms with Gasteiger partial charge in [0.1, 0.15) is 5.56 Å². The molecule has 0 bridgehead atoms. The van der Waals surface area contributed by atoms with Gasteiger partial charge in [0.25, 0.3) is 11.8 Å². The smallest absolute Gasteiger partial charge is 0.340 e. The van der Waals surface area contributed by atoms with Crippen LogP contribution < -0.4 is 20.2 Å². The molecule has 3 aromatic rings. The van der Waals surface area contributed by atoms with E-state index in [9.17, 15) is 19.5 Å². The molecule has 0 aliphatic carbocycles. The van der Waals surface area contributed by atoms with Crippen LogP contribution in [0.25, 0.3) is 0 Å². The molecule has 168 valence electrons. The highest BCUT2D eigenvalue weighted by Gasteiger charge is 2.20. The van der Waals surface area contributed by atoms with Gasteiger partial charge in [-0.1, -0.05) is 24.3 Å². The third-order valence-electron chi connectivity index (χ3n) is 4.58. The van der Waals surface area contributed by atoms with E-state index in [1.54, 1.807) is 42.5 Å². The number of hydrogen-bond donors (Lipinski definition) is 3. The van der Waals surface area contributed by atoms with Crippen molar-refractivity contribution in [3.63, 3.8) is 0 Å². The van der Waals surface area contributed by atoms with Crippen LogP contribution in [0.4, 0.5) is 5.69 Å². The second-order valence-electron chi connectivity index (χ2n) is 6.67. The Labute approximate surface area is 189 Å². The van der Waals surface area contributed by atoms with Crippen molar-refractivity contribution in [2.75, 3.05) is 19.5 Å². The molecule has 9 heteroatoms. The minimum Gasteiger partial charge on any atom is -0.493 e. The number of carbonyl (C=O) groups excluding carboxylic acids is 2. The number of carboxylic acids is 1. The van der Waals surface area contributed by atoms with Crippen LogP contribution in [0.3, 0.4) is 0 Å². The summed E-state index contributed by atoms with van der Waals surface area (Å²) in [4.78, 5) is 36.5. The molecule has 2 amide bonds. The molecule has 3 N–H and O–H groups in total. The fraction of sp³-hybridized carbons (Fsp3) is 0.0833. The molecular weight excluding hydrogens is 426 g/mol. The second kappa shape index (κ2) is 10.6. The number of nitrogens with one attached hydrogen (secondary N) is 2. The van der Waals surface area contributed by atoms with Crippen molar-refractivity contribution in [2.24, 2.45) is 5.10 Å². The lowest BCUT2D eigenvalue weighted by atomic mass is 10.1. The number of methoxy groups -OCH3 is 2. The number of carboxylic acid groups (broad SMARTS) is 1. The average molecular weight is 447 g/mol. The van der Waals surface area contributed by atoms with Crippen molar-refractivity contribution in [1.82, 2.24) is 5.43 Å². The van der Waals surface area contributed by atoms with E-state index in [2.05, 4.69) is 15.8 Å². The highest BCUT2D eigenvalue weighted by atomic mass is 16.5. The summed E-state index contributed by atoms with van der Waals surface area (Å²) in [5.41, 5.74) is 3.58. The molecule has 0 aliphatic rings. The molecule has 3 rings (SSSR count). The van der Waals surface area contributed by atoms with E-state index in [4.69, 9.17) is 9.47 Å². The molecule has 0 heterocycles. The Kier molecular flexibility index (Phi) is 7.38. The molecule has 0 aromatic heterocycles. The lowest BCUT2D eigenvalue weighted by Crippen LogP contribution is -2.18. The molecule has 0 unspecified atom stereocenters. The predicted molar refractivity (Wildman–Crippen MR) is 122 cm³/mol. The van der Waals surface area contributed by atoms with Crippen molar-refractivity contribution in [1.29, 1.82) is 0 Å². The van der Waals surface area contributed by atoms with Crippen molar-refractivity contribution < 1.29 is 29.0 Å². The predicted octanol–water partition coefficient (Wildman–Crippen LogP) is 3.42. The van der Waals surface area contributed by atoms with E-state index in [1.165, 1.54) is 38.6 Å². The zero-order valence-electron chi connectivity index (χ0n) is 17.9. The molecule has 0 aliphatic heterocycles. The van der Waals surface area contributed by atoms with Crippen molar-refractivity contribution in [2.45, 2.75) is 0 Å². The molecule has 0 atom stereocenters. The molecule has 3 aromatic carbocycles. The Bertz CT molecular complexity index is 1210. The number of hydrogen-bond acceptors (Lipinski definition) is 6. The Morgan fingerprint density at radius 2 is 1.61 bits per heavy atom. The van der Waals surface area contributed by atoms with Crippen LogP contribution in [-0.2, 0) is 0 Å². The topological polar surface area (TPSA) is 126 Å². The van der Waals surface area contributed by atoms with Crippen LogP contribution in [0.1, 0.15) is 36.6 Å². The van der Waals surface area contributed by atoms with Gasteiger partial charge >= 0.3 is 5.97 Å². The highest BCUT2D eigenvalue weighted by Crippen LogP contribution is 2.32. The van der Waals surface area contributed by atoms with Gasteiger partial charge in [-0.15, -0.1) is 0 Å². The summed E-state index contributed by atoms with van der Waals surface area (Å²) in [6.07, 6.45) is 1.20. The summed E-state index contributed by atoms with van der Waals surface area (Å²) >= 11 is 0. The largest absolute Gasteiger partial charge is 0.493 e. The maximum absolute atomic E-state index is 12.5. The minimum atomic E-state index is -1.24. The number of amides is 2. The Balaban J connectivity index is 1.73. The first-order chi connectivity index (χ1) is 15.9. The summed E-state index contributed by atoms with van der Waals surface area (Å²) < 4.78 is 10.3. The van der Waals surface area contributed by atoms with Crippen molar-refractivity contribution in [3.8, 4) is 11.5 Å². The molecule has 0 saturated heterocycles. The molecule has 33 heavy (non-hydrogen) atoms. The maximum atomic E-state index is 12.5. The fourth-order valence-electron chi connectivity index (χ4n) is 3.03. The first kappa shape index (κ1) is 23.0. The number of nitrogens with zero attached hydrogens (tertiary/aromatic N) is 1. The number of carbonyl (C=O) groups is 3. The van der Waals surface area contributed by atoms with E-state index in [1.807, 2.05) is 6.07 Å². The number of benzene rings is 3. The maximum Gasteiger partial charge on any atom is 0.340 e. The second-order valence-corrected chi connectivity index (χ2v) is 6.67. The van der Waals surface area contributed by atoms with Gasteiger partial charge in [-0.25, -0.2) is 10.2 Å². The molecule has 9 nitrogen and oxygen atoms in total. The molecule has 0 spiro atoms. The van der Waals surface area contributed by atoms with E-state index >= 15 is 0 Å². The van der Waals surface area contributed by atoms with Crippen LogP contribution in [0.5, 0.6) is 11.5 Å². The molecule has 0 radical (unpaired) electrons. The van der Waals surface area contributed by atoms with Gasteiger partial charge in [0, 0.05) is 22.4 Å². The standard InChI is InChI=1S/C24H21N3O6/c1-32-19-12-11-17(20(24(30)31)21(19)33-2)14-25-27-23(29)16-9-6-10-18(13-16)26-22(28)15-7-4-3-5-8-15/h3-14H,1-2H3,(H,26,28)(H,27,29)(H,30,31)/b25-14+. The van der Waals surface area contributed by atoms with Crippen molar-refractivity contribution in [3.05, 3.63) is 89.0 Å². The van der Waals surface area contributed by atoms with Gasteiger partial charge in [0.15, 0.2) is 11.5 Å². The average Bonchev–Trinajstić information content (AvgIpc) is 2.83. The van der Waals surface area contributed by atoms with Gasteiger partial charge in [0.2, 0.25) is 0 Å². The first-order valence-corrected chi connectivity index (χ1v) is 9.72. The SMILES string of the molecule is COc1ccc(/C=N/NC(=O)c2cccc(NC(=O)c3ccccc3)c2)c(C(=O)O)c1OC. The van der Waals surface area contributed by atoms with E-state index in [0.29, 0.717) is 11.3 Å². The lowest BCUT2D eigenvalue weighted by molar-refractivity contribution is 0.0692. The number of hydrazone groups is 1. The van der Waals surface area contributed by atoms with Gasteiger partial charge in [0.05, 0.1) is 20.4 Å². The number of anilines is 1. The summed E-state index contributed by atoms with van der Waals surface area (Å²) in [6.45, 7) is 0. The normalized spacial score (nSPS) is 10.5. The first-order valence-electron chi connectivity index (χ1n) is 9.72. The summed E-state index contributed by atoms with van der Waals surface area (Å²) in [5.74, 6) is -1.78. The summed E-state index contributed by atoms with van der Waals surface area (Å²) in [6, 6.07) is 18.0. The van der Waals surface area contributed by atoms with Crippen LogP contribution in [0.2, 0.25) is 0 Å². The van der Waals surface area contributed by atoms with Crippen LogP contribution in [0, 0.1) is 0 Å². The Hall–Kier alpha value is -4.66. The number of rotatable bonds is 8. The van der Waals surface area contributed by atoms with E-state index in [-0.39, 0.29) is 34.1 Å². The van der Waals surface area contributed by atoms with Crippen LogP contribution in [-0.4, -0.2) is 43.3 Å². The van der Waals surface area contributed by atoms with Crippen molar-refractivity contribution >= 4 is 29.7 Å². The quantitative estimate of drug-likeness (QED) is 0.359. The van der Waals surface area contributed by atoms with Gasteiger partial charge in [-0.3, -0.25) is 9.59 Å². The highest BCUT2D eigenvalue weighted by molar-refractivity contribution is 6.05. The zero-order chi connectivity index (χ0) is 23.8. The Morgan fingerprint density at radius 1 is 0.879 bits per heavy atom. The van der Waals surface area contributed by atoms with E-state index in [0.717, 1.165) is 0 Å². The molecule has 0 saturated carbocycles. The minimum absolute atomic E-state index is 0.0436. The van der Waals surface area contributed by atoms with Gasteiger partial charge < -0.3 is 19.9 Å². The number of aromatic carboxylic acids is 1. The van der Waals surface area contributed by atoms with Crippen LogP contribution in [0.15, 0.2) is 71.8 Å². The monoisotopic (exact) mass is 447 g/mol. The number of ether oxygens (including phenoxy) is 2. The summed E-state index contributed by atoms with van der Waals surface area (Å²) in [7, 11) is 2.73. The van der Waals surface area contributed by atoms with Gasteiger partial charge in [-0.2, -0.15) is 5.10 Å². The fourth-order valence-corrected chi connectivity index (χ4v) is 3.03. The van der Waals surface area contributed by atoms with E-state index < -0.39 is 11.9 Å². The summed E-state index contributed by atoms with van der Waals surface area (Å²) in [5, 5.41) is 16.1. The zero-order valence-corrected chi connectivity index (χ0v) is 17.9.